The molecule has 4 atom stereocenters. The third kappa shape index (κ3) is 5.17. The van der Waals surface area contributed by atoms with E-state index in [1.165, 1.54) is 64.2 Å². The topological polar surface area (TPSA) is 9.23 Å². The molecule has 3 aliphatic rings. The van der Waals surface area contributed by atoms with Gasteiger partial charge in [-0.25, -0.2) is 4.39 Å². The first-order chi connectivity index (χ1) is 14.1. The number of benzene rings is 1. The zero-order valence-electron chi connectivity index (χ0n) is 18.7. The van der Waals surface area contributed by atoms with Crippen molar-refractivity contribution in [1.82, 2.24) is 0 Å². The van der Waals surface area contributed by atoms with Gasteiger partial charge in [-0.2, -0.15) is 0 Å². The lowest BCUT2D eigenvalue weighted by Gasteiger charge is -2.45. The lowest BCUT2D eigenvalue weighted by molar-refractivity contribution is 0.0727. The van der Waals surface area contributed by atoms with Gasteiger partial charge in [0.1, 0.15) is 11.6 Å². The fraction of sp³-hybridized carbons (Fsp3) is 0.778. The molecule has 0 spiro atoms. The van der Waals surface area contributed by atoms with Crippen LogP contribution in [-0.4, -0.2) is 6.61 Å². The number of unbranched alkanes of at least 4 members (excludes halogenated alkanes) is 1. The highest BCUT2D eigenvalue weighted by Gasteiger charge is 2.39. The van der Waals surface area contributed by atoms with Gasteiger partial charge in [0.2, 0.25) is 0 Å². The number of hydrogen-bond acceptors (Lipinski definition) is 1. The predicted molar refractivity (Wildman–Crippen MR) is 119 cm³/mol. The summed E-state index contributed by atoms with van der Waals surface area (Å²) in [6.07, 6.45) is 15.9. The monoisotopic (exact) mass is 400 g/mol. The molecule has 4 rings (SSSR count). The van der Waals surface area contributed by atoms with Gasteiger partial charge in [-0.3, -0.25) is 0 Å². The van der Waals surface area contributed by atoms with Crippen LogP contribution >= 0.6 is 0 Å². The first kappa shape index (κ1) is 21.2. The number of rotatable bonds is 6. The van der Waals surface area contributed by atoms with E-state index in [1.807, 2.05) is 12.1 Å². The maximum Gasteiger partial charge on any atom is 0.130 e. The summed E-state index contributed by atoms with van der Waals surface area (Å²) in [4.78, 5) is 0. The Morgan fingerprint density at radius 1 is 0.862 bits per heavy atom. The predicted octanol–water partition coefficient (Wildman–Crippen LogP) is 8.13. The minimum Gasteiger partial charge on any atom is -0.493 e. The zero-order valence-corrected chi connectivity index (χ0v) is 18.7. The molecule has 3 aliphatic carbocycles. The van der Waals surface area contributed by atoms with E-state index in [-0.39, 0.29) is 5.82 Å². The molecule has 0 radical (unpaired) electrons. The van der Waals surface area contributed by atoms with E-state index < -0.39 is 0 Å². The molecule has 0 N–H and O–H groups in total. The zero-order chi connectivity index (χ0) is 20.2. The van der Waals surface area contributed by atoms with E-state index in [1.54, 1.807) is 6.07 Å². The second-order valence-electron chi connectivity index (χ2n) is 10.5. The summed E-state index contributed by atoms with van der Waals surface area (Å²) in [5, 5.41) is 0. The summed E-state index contributed by atoms with van der Waals surface area (Å²) >= 11 is 0. The van der Waals surface area contributed by atoms with Crippen molar-refractivity contribution in [3.63, 3.8) is 0 Å². The van der Waals surface area contributed by atoms with E-state index in [9.17, 15) is 4.39 Å². The van der Waals surface area contributed by atoms with Gasteiger partial charge in [0.05, 0.1) is 6.61 Å². The number of ether oxygens (including phenoxy) is 1. The van der Waals surface area contributed by atoms with Gasteiger partial charge in [-0.1, -0.05) is 39.2 Å². The van der Waals surface area contributed by atoms with Crippen LogP contribution in [0.2, 0.25) is 0 Å². The minimum absolute atomic E-state index is 0.0486. The Kier molecular flexibility index (Phi) is 7.19. The molecule has 162 valence electrons. The molecule has 0 heterocycles. The molecule has 0 amide bonds. The summed E-state index contributed by atoms with van der Waals surface area (Å²) in [7, 11) is 0. The van der Waals surface area contributed by atoms with Crippen molar-refractivity contribution in [2.24, 2.45) is 29.6 Å². The molecule has 0 bridgehead atoms. The number of fused-ring (bicyclic) bond motifs is 1. The molecular weight excluding hydrogens is 359 g/mol. The van der Waals surface area contributed by atoms with Crippen LogP contribution in [-0.2, 0) is 0 Å². The summed E-state index contributed by atoms with van der Waals surface area (Å²) in [5.41, 5.74) is 0.940. The summed E-state index contributed by atoms with van der Waals surface area (Å²) in [6.45, 7) is 5.26. The van der Waals surface area contributed by atoms with Gasteiger partial charge in [0, 0.05) is 6.07 Å². The molecule has 1 nitrogen and oxygen atoms in total. The smallest absolute Gasteiger partial charge is 0.130 e. The van der Waals surface area contributed by atoms with E-state index in [2.05, 4.69) is 13.8 Å². The van der Waals surface area contributed by atoms with Crippen LogP contribution in [0.5, 0.6) is 5.75 Å². The SMILES string of the molecule is CCCCOc1ccc(C2CCC3CC(C4CCC(C)CC4)CCC3C2)c(F)c1. The lowest BCUT2D eigenvalue weighted by atomic mass is 9.60. The highest BCUT2D eigenvalue weighted by molar-refractivity contribution is 5.31. The second-order valence-corrected chi connectivity index (χ2v) is 10.5. The third-order valence-electron chi connectivity index (χ3n) is 8.56. The van der Waals surface area contributed by atoms with Crippen molar-refractivity contribution in [3.05, 3.63) is 29.6 Å². The summed E-state index contributed by atoms with van der Waals surface area (Å²) in [5.74, 6) is 5.73. The Balaban J connectivity index is 1.32. The molecule has 2 heteroatoms. The first-order valence-corrected chi connectivity index (χ1v) is 12.6. The lowest BCUT2D eigenvalue weighted by Crippen LogP contribution is -2.34. The third-order valence-corrected chi connectivity index (χ3v) is 8.56. The van der Waals surface area contributed by atoms with Crippen molar-refractivity contribution in [1.29, 1.82) is 0 Å². The molecule has 0 saturated heterocycles. The van der Waals surface area contributed by atoms with E-state index in [0.29, 0.717) is 18.3 Å². The maximum atomic E-state index is 14.8. The van der Waals surface area contributed by atoms with Crippen LogP contribution in [0.1, 0.15) is 102 Å². The van der Waals surface area contributed by atoms with E-state index in [0.717, 1.165) is 48.0 Å². The van der Waals surface area contributed by atoms with Crippen LogP contribution in [0.3, 0.4) is 0 Å². The average molecular weight is 401 g/mol. The fourth-order valence-corrected chi connectivity index (χ4v) is 6.66. The number of halogens is 1. The molecule has 0 aliphatic heterocycles. The van der Waals surface area contributed by atoms with Crippen molar-refractivity contribution >= 4 is 0 Å². The second kappa shape index (κ2) is 9.84. The van der Waals surface area contributed by atoms with E-state index in [4.69, 9.17) is 4.74 Å². The van der Waals surface area contributed by atoms with Gasteiger partial charge < -0.3 is 4.74 Å². The normalized spacial score (nSPS) is 35.1. The standard InChI is InChI=1S/C27H41FO/c1-3-4-15-29-25-13-14-26(27(28)18-25)24-12-11-22-16-21(9-10-23(22)17-24)20-7-5-19(2)6-8-20/h13-14,18-24H,3-12,15-17H2,1-2H3. The molecule has 1 aromatic rings. The van der Waals surface area contributed by atoms with Gasteiger partial charge in [-0.15, -0.1) is 0 Å². The Morgan fingerprint density at radius 2 is 1.52 bits per heavy atom. The Bertz CT molecular complexity index is 648. The Hall–Kier alpha value is -1.05. The molecule has 1 aromatic carbocycles. The van der Waals surface area contributed by atoms with Gasteiger partial charge in [0.15, 0.2) is 0 Å². The molecule has 3 fully saturated rings. The van der Waals surface area contributed by atoms with Crippen molar-refractivity contribution < 1.29 is 9.13 Å². The van der Waals surface area contributed by atoms with Crippen molar-refractivity contribution in [3.8, 4) is 5.75 Å². The quantitative estimate of drug-likeness (QED) is 0.438. The van der Waals surface area contributed by atoms with Gasteiger partial charge >= 0.3 is 0 Å². The van der Waals surface area contributed by atoms with Crippen molar-refractivity contribution in [2.45, 2.75) is 96.8 Å². The van der Waals surface area contributed by atoms with Crippen LogP contribution in [0.15, 0.2) is 18.2 Å². The first-order valence-electron chi connectivity index (χ1n) is 12.6. The number of hydrogen-bond donors (Lipinski definition) is 0. The average Bonchev–Trinajstić information content (AvgIpc) is 2.74. The minimum atomic E-state index is -0.0486. The Morgan fingerprint density at radius 3 is 2.24 bits per heavy atom. The largest absolute Gasteiger partial charge is 0.493 e. The molecule has 4 unspecified atom stereocenters. The maximum absolute atomic E-state index is 14.8. The highest BCUT2D eigenvalue weighted by Crippen LogP contribution is 2.51. The van der Waals surface area contributed by atoms with Crippen LogP contribution in [0, 0.1) is 35.4 Å². The molecule has 0 aromatic heterocycles. The fourth-order valence-electron chi connectivity index (χ4n) is 6.66. The van der Waals surface area contributed by atoms with Crippen LogP contribution < -0.4 is 4.74 Å². The van der Waals surface area contributed by atoms with Crippen molar-refractivity contribution in [2.75, 3.05) is 6.61 Å². The van der Waals surface area contributed by atoms with Crippen LogP contribution in [0.4, 0.5) is 4.39 Å². The summed E-state index contributed by atoms with van der Waals surface area (Å²) in [6, 6.07) is 5.62. The molecule has 29 heavy (non-hydrogen) atoms. The highest BCUT2D eigenvalue weighted by atomic mass is 19.1. The van der Waals surface area contributed by atoms with E-state index >= 15 is 0 Å². The summed E-state index contributed by atoms with van der Waals surface area (Å²) < 4.78 is 20.5. The van der Waals surface area contributed by atoms with Gasteiger partial charge in [-0.05, 0) is 105 Å². The molecular formula is C27H41FO. The molecule has 3 saturated carbocycles. The van der Waals surface area contributed by atoms with Gasteiger partial charge in [0.25, 0.3) is 0 Å². The van der Waals surface area contributed by atoms with Crippen LogP contribution in [0.25, 0.3) is 0 Å². The Labute approximate surface area is 177 Å².